The average molecular weight is 331 g/mol. The van der Waals surface area contributed by atoms with Crippen molar-refractivity contribution in [3.05, 3.63) is 41.8 Å². The van der Waals surface area contributed by atoms with E-state index in [2.05, 4.69) is 25.5 Å². The highest BCUT2D eigenvalue weighted by Gasteiger charge is 2.09. The molecule has 0 unspecified atom stereocenters. The summed E-state index contributed by atoms with van der Waals surface area (Å²) < 4.78 is 18.3. The van der Waals surface area contributed by atoms with Crippen LogP contribution in [0, 0.1) is 12.7 Å². The Labute approximate surface area is 141 Å². The van der Waals surface area contributed by atoms with Gasteiger partial charge in [0.25, 0.3) is 0 Å². The van der Waals surface area contributed by atoms with Gasteiger partial charge in [-0.15, -0.1) is 0 Å². The monoisotopic (exact) mass is 331 g/mol. The molecule has 7 heteroatoms. The molecule has 0 spiro atoms. The molecule has 6 nitrogen and oxygen atoms in total. The average Bonchev–Trinajstić information content (AvgIpc) is 2.57. The molecule has 2 heterocycles. The first kappa shape index (κ1) is 16.6. The number of hydrogen-bond acceptors (Lipinski definition) is 6. The Morgan fingerprint density at radius 3 is 2.67 bits per heavy atom. The largest absolute Gasteiger partial charge is 0.379 e. The highest BCUT2D eigenvalue weighted by Crippen LogP contribution is 2.16. The second-order valence-corrected chi connectivity index (χ2v) is 5.73. The SMILES string of the molecule is Cc1cc(NCCN2CCOCC2)nc(Nc2ccc(F)cc2)n1. The minimum absolute atomic E-state index is 0.267. The summed E-state index contributed by atoms with van der Waals surface area (Å²) >= 11 is 0. The minimum Gasteiger partial charge on any atom is -0.379 e. The molecule has 1 aliphatic rings. The normalized spacial score (nSPS) is 15.2. The number of aryl methyl sites for hydroxylation is 1. The van der Waals surface area contributed by atoms with E-state index in [1.807, 2.05) is 13.0 Å². The van der Waals surface area contributed by atoms with Crippen molar-refractivity contribution >= 4 is 17.5 Å². The van der Waals surface area contributed by atoms with Crippen molar-refractivity contribution in [1.29, 1.82) is 0 Å². The number of benzene rings is 1. The van der Waals surface area contributed by atoms with Gasteiger partial charge in [-0.25, -0.2) is 9.37 Å². The molecular formula is C17H22FN5O. The third-order valence-electron chi connectivity index (χ3n) is 3.79. The molecule has 3 rings (SSSR count). The molecule has 1 saturated heterocycles. The Bertz CT molecular complexity index is 659. The van der Waals surface area contributed by atoms with Crippen LogP contribution in [0.3, 0.4) is 0 Å². The fraction of sp³-hybridized carbons (Fsp3) is 0.412. The van der Waals surface area contributed by atoms with Gasteiger partial charge in [-0.1, -0.05) is 0 Å². The van der Waals surface area contributed by atoms with Crippen molar-refractivity contribution in [3.63, 3.8) is 0 Å². The van der Waals surface area contributed by atoms with Crippen LogP contribution in [0.25, 0.3) is 0 Å². The van der Waals surface area contributed by atoms with Gasteiger partial charge in [0.15, 0.2) is 0 Å². The number of nitrogens with zero attached hydrogens (tertiary/aromatic N) is 3. The number of aromatic nitrogens is 2. The smallest absolute Gasteiger partial charge is 0.229 e. The molecule has 2 N–H and O–H groups in total. The van der Waals surface area contributed by atoms with Crippen molar-refractivity contribution in [1.82, 2.24) is 14.9 Å². The predicted octanol–water partition coefficient (Wildman–Crippen LogP) is 2.41. The molecule has 0 amide bonds. The van der Waals surface area contributed by atoms with Gasteiger partial charge >= 0.3 is 0 Å². The Balaban J connectivity index is 1.57. The van der Waals surface area contributed by atoms with E-state index in [1.165, 1.54) is 12.1 Å². The highest BCUT2D eigenvalue weighted by molar-refractivity contribution is 5.55. The zero-order valence-corrected chi connectivity index (χ0v) is 13.8. The van der Waals surface area contributed by atoms with Gasteiger partial charge in [0.05, 0.1) is 13.2 Å². The fourth-order valence-electron chi connectivity index (χ4n) is 2.54. The summed E-state index contributed by atoms with van der Waals surface area (Å²) in [5.41, 5.74) is 1.62. The zero-order chi connectivity index (χ0) is 16.8. The zero-order valence-electron chi connectivity index (χ0n) is 13.8. The molecule has 0 saturated carbocycles. The third kappa shape index (κ3) is 4.87. The second-order valence-electron chi connectivity index (χ2n) is 5.73. The number of nitrogens with one attached hydrogen (secondary N) is 2. The first-order valence-electron chi connectivity index (χ1n) is 8.11. The maximum atomic E-state index is 13.0. The van der Waals surface area contributed by atoms with Crippen LogP contribution in [0.15, 0.2) is 30.3 Å². The first-order chi connectivity index (χ1) is 11.7. The van der Waals surface area contributed by atoms with E-state index in [9.17, 15) is 4.39 Å². The molecule has 0 radical (unpaired) electrons. The highest BCUT2D eigenvalue weighted by atomic mass is 19.1. The van der Waals surface area contributed by atoms with Crippen LogP contribution in [-0.4, -0.2) is 54.3 Å². The molecule has 24 heavy (non-hydrogen) atoms. The number of anilines is 3. The van der Waals surface area contributed by atoms with E-state index in [0.717, 1.165) is 56.6 Å². The van der Waals surface area contributed by atoms with E-state index in [1.54, 1.807) is 12.1 Å². The molecule has 0 atom stereocenters. The standard InChI is InChI=1S/C17H22FN5O/c1-13-12-16(19-6-7-23-8-10-24-11-9-23)22-17(20-13)21-15-4-2-14(18)3-5-15/h2-5,12H,6-11H2,1H3,(H2,19,20,21,22). The van der Waals surface area contributed by atoms with Crippen LogP contribution in [0.1, 0.15) is 5.69 Å². The van der Waals surface area contributed by atoms with Crippen LogP contribution < -0.4 is 10.6 Å². The van der Waals surface area contributed by atoms with Gasteiger partial charge in [0, 0.05) is 43.6 Å². The van der Waals surface area contributed by atoms with Gasteiger partial charge < -0.3 is 15.4 Å². The summed E-state index contributed by atoms with van der Waals surface area (Å²) in [7, 11) is 0. The predicted molar refractivity (Wildman–Crippen MR) is 92.2 cm³/mol. The topological polar surface area (TPSA) is 62.3 Å². The maximum absolute atomic E-state index is 13.0. The third-order valence-corrected chi connectivity index (χ3v) is 3.79. The van der Waals surface area contributed by atoms with E-state index < -0.39 is 0 Å². The summed E-state index contributed by atoms with van der Waals surface area (Å²) in [4.78, 5) is 11.2. The van der Waals surface area contributed by atoms with Crippen molar-refractivity contribution in [2.45, 2.75) is 6.92 Å². The van der Waals surface area contributed by atoms with Gasteiger partial charge in [-0.3, -0.25) is 4.90 Å². The lowest BCUT2D eigenvalue weighted by Crippen LogP contribution is -2.39. The van der Waals surface area contributed by atoms with Crippen LogP contribution in [-0.2, 0) is 4.74 Å². The lowest BCUT2D eigenvalue weighted by molar-refractivity contribution is 0.0398. The van der Waals surface area contributed by atoms with Crippen molar-refractivity contribution < 1.29 is 9.13 Å². The maximum Gasteiger partial charge on any atom is 0.229 e. The molecule has 0 aliphatic carbocycles. The first-order valence-corrected chi connectivity index (χ1v) is 8.11. The summed E-state index contributed by atoms with van der Waals surface area (Å²) in [6, 6.07) is 8.04. The Hall–Kier alpha value is -2.25. The van der Waals surface area contributed by atoms with Crippen LogP contribution >= 0.6 is 0 Å². The van der Waals surface area contributed by atoms with Gasteiger partial charge in [-0.05, 0) is 31.2 Å². The van der Waals surface area contributed by atoms with E-state index in [0.29, 0.717) is 5.95 Å². The molecule has 0 bridgehead atoms. The van der Waals surface area contributed by atoms with Crippen molar-refractivity contribution in [3.8, 4) is 0 Å². The molecule has 1 aliphatic heterocycles. The lowest BCUT2D eigenvalue weighted by atomic mass is 10.3. The molecule has 1 aromatic carbocycles. The van der Waals surface area contributed by atoms with E-state index in [4.69, 9.17) is 4.74 Å². The number of halogens is 1. The summed E-state index contributed by atoms with van der Waals surface area (Å²) in [6.07, 6.45) is 0. The van der Waals surface area contributed by atoms with E-state index >= 15 is 0 Å². The van der Waals surface area contributed by atoms with E-state index in [-0.39, 0.29) is 5.82 Å². The van der Waals surface area contributed by atoms with Crippen molar-refractivity contribution in [2.24, 2.45) is 0 Å². The van der Waals surface area contributed by atoms with Crippen LogP contribution in [0.5, 0.6) is 0 Å². The second kappa shape index (κ2) is 8.03. The van der Waals surface area contributed by atoms with Crippen LogP contribution in [0.2, 0.25) is 0 Å². The summed E-state index contributed by atoms with van der Waals surface area (Å²) in [6.45, 7) is 7.24. The molecular weight excluding hydrogens is 309 g/mol. The van der Waals surface area contributed by atoms with Crippen LogP contribution in [0.4, 0.5) is 21.8 Å². The Morgan fingerprint density at radius 2 is 1.92 bits per heavy atom. The summed E-state index contributed by atoms with van der Waals surface area (Å²) in [5.74, 6) is 1.01. The number of rotatable bonds is 6. The molecule has 1 fully saturated rings. The quantitative estimate of drug-likeness (QED) is 0.848. The van der Waals surface area contributed by atoms with Gasteiger partial charge in [0.2, 0.25) is 5.95 Å². The number of morpholine rings is 1. The number of hydrogen-bond donors (Lipinski definition) is 2. The Morgan fingerprint density at radius 1 is 1.17 bits per heavy atom. The van der Waals surface area contributed by atoms with Gasteiger partial charge in [-0.2, -0.15) is 4.98 Å². The van der Waals surface area contributed by atoms with Crippen molar-refractivity contribution in [2.75, 3.05) is 50.0 Å². The summed E-state index contributed by atoms with van der Waals surface area (Å²) in [5, 5.41) is 6.43. The molecule has 1 aromatic heterocycles. The number of ether oxygens (including phenoxy) is 1. The lowest BCUT2D eigenvalue weighted by Gasteiger charge is -2.26. The Kier molecular flexibility index (Phi) is 5.55. The fourth-order valence-corrected chi connectivity index (χ4v) is 2.54. The minimum atomic E-state index is -0.267. The molecule has 128 valence electrons. The van der Waals surface area contributed by atoms with Gasteiger partial charge in [0.1, 0.15) is 11.6 Å². The molecule has 2 aromatic rings.